The van der Waals surface area contributed by atoms with Crippen molar-refractivity contribution in [2.75, 3.05) is 14.1 Å². The number of hydrogen-bond acceptors (Lipinski definition) is 4. The smallest absolute Gasteiger partial charge is 0.196 e. The lowest BCUT2D eigenvalue weighted by molar-refractivity contribution is -0.890. The number of rotatable bonds is 5. The molecule has 0 radical (unpaired) electrons. The Morgan fingerprint density at radius 2 is 2.00 bits per heavy atom. The highest BCUT2D eigenvalue weighted by Gasteiger charge is 2.30. The monoisotopic (exact) mass is 365 g/mol. The lowest BCUT2D eigenvalue weighted by Gasteiger charge is -2.18. The predicted molar refractivity (Wildman–Crippen MR) is 96.1 cm³/mol. The van der Waals surface area contributed by atoms with Gasteiger partial charge < -0.3 is 4.90 Å². The van der Waals surface area contributed by atoms with Crippen molar-refractivity contribution in [3.63, 3.8) is 0 Å². The van der Waals surface area contributed by atoms with E-state index < -0.39 is 0 Å². The summed E-state index contributed by atoms with van der Waals surface area (Å²) in [7, 11) is 4.19. The molecular formula is C17H22ClN4OS+. The normalized spacial score (nSPS) is 19.2. The van der Waals surface area contributed by atoms with Gasteiger partial charge in [0.25, 0.3) is 0 Å². The van der Waals surface area contributed by atoms with Crippen molar-refractivity contribution in [1.82, 2.24) is 14.8 Å². The number of benzene rings is 1. The molecule has 1 aromatic carbocycles. The van der Waals surface area contributed by atoms with Gasteiger partial charge in [-0.3, -0.25) is 9.36 Å². The van der Waals surface area contributed by atoms with Crippen LogP contribution < -0.4 is 4.90 Å². The summed E-state index contributed by atoms with van der Waals surface area (Å²) in [6.45, 7) is 2.13. The molecule has 1 saturated carbocycles. The van der Waals surface area contributed by atoms with Crippen molar-refractivity contribution < 1.29 is 9.69 Å². The predicted octanol–water partition coefficient (Wildman–Crippen LogP) is 2.34. The first-order valence-electron chi connectivity index (χ1n) is 8.18. The molecule has 2 aromatic rings. The number of thioether (sulfide) groups is 1. The minimum absolute atomic E-state index is 0.00453. The fourth-order valence-corrected chi connectivity index (χ4v) is 4.07. The number of quaternary nitrogens is 1. The molecule has 1 heterocycles. The molecule has 1 aliphatic rings. The summed E-state index contributed by atoms with van der Waals surface area (Å²) in [5, 5.41) is 10.3. The molecule has 1 aliphatic carbocycles. The molecule has 0 aliphatic heterocycles. The molecular weight excluding hydrogens is 344 g/mol. The largest absolute Gasteiger partial charge is 0.331 e. The van der Waals surface area contributed by atoms with Crippen LogP contribution in [0.3, 0.4) is 0 Å². The molecule has 2 atom stereocenters. The van der Waals surface area contributed by atoms with Crippen LogP contribution in [0.25, 0.3) is 5.69 Å². The third-order valence-electron chi connectivity index (χ3n) is 4.49. The van der Waals surface area contributed by atoms with Crippen LogP contribution in [0.15, 0.2) is 29.4 Å². The third-order valence-corrected chi connectivity index (χ3v) is 6.00. The Labute approximate surface area is 151 Å². The number of Topliss-reactive ketones (excluding diaryl/α,β-unsaturated/α-hetero) is 1. The summed E-state index contributed by atoms with van der Waals surface area (Å²) in [5.74, 6) is 1.21. The van der Waals surface area contributed by atoms with E-state index in [0.717, 1.165) is 29.5 Å². The van der Waals surface area contributed by atoms with Gasteiger partial charge in [-0.15, -0.1) is 10.2 Å². The van der Waals surface area contributed by atoms with Crippen LogP contribution in [0, 0.1) is 0 Å². The highest BCUT2D eigenvalue weighted by Crippen LogP contribution is 2.34. The summed E-state index contributed by atoms with van der Waals surface area (Å²) in [6, 6.07) is 7.84. The standard InChI is InChI=1S/C17H21ClN4OS/c1-11(21(2)3)16-19-20-17(24-15-6-4-5-14(15)23)22(16)13-9-7-12(18)8-10-13/h7-11,15H,4-6H2,1-3H3/p+1/t11-,15-/m0/s1. The van der Waals surface area contributed by atoms with Crippen LogP contribution in [0.2, 0.25) is 5.02 Å². The van der Waals surface area contributed by atoms with Gasteiger partial charge in [0.1, 0.15) is 11.8 Å². The van der Waals surface area contributed by atoms with E-state index in [-0.39, 0.29) is 11.3 Å². The molecule has 0 amide bonds. The second-order valence-corrected chi connectivity index (χ2v) is 8.02. The van der Waals surface area contributed by atoms with Crippen LogP contribution in [0.5, 0.6) is 0 Å². The highest BCUT2D eigenvalue weighted by molar-refractivity contribution is 8.00. The summed E-state index contributed by atoms with van der Waals surface area (Å²) in [5.41, 5.74) is 0.973. The van der Waals surface area contributed by atoms with Crippen LogP contribution in [0.4, 0.5) is 0 Å². The van der Waals surface area contributed by atoms with Gasteiger partial charge in [0, 0.05) is 17.1 Å². The minimum Gasteiger partial charge on any atom is -0.331 e. The zero-order chi connectivity index (χ0) is 17.3. The van der Waals surface area contributed by atoms with Gasteiger partial charge in [0.15, 0.2) is 11.0 Å². The van der Waals surface area contributed by atoms with Crippen molar-refractivity contribution in [3.8, 4) is 5.69 Å². The average Bonchev–Trinajstić information content (AvgIpc) is 3.15. The van der Waals surface area contributed by atoms with Crippen LogP contribution >= 0.6 is 23.4 Å². The Morgan fingerprint density at radius 3 is 2.58 bits per heavy atom. The molecule has 0 spiro atoms. The molecule has 3 rings (SSSR count). The topological polar surface area (TPSA) is 52.2 Å². The molecule has 24 heavy (non-hydrogen) atoms. The number of nitrogens with zero attached hydrogens (tertiary/aromatic N) is 3. The molecule has 1 fully saturated rings. The maximum atomic E-state index is 12.0. The Bertz CT molecular complexity index is 729. The van der Waals surface area contributed by atoms with E-state index in [1.165, 1.54) is 16.7 Å². The van der Waals surface area contributed by atoms with Crippen LogP contribution in [-0.4, -0.2) is 39.9 Å². The van der Waals surface area contributed by atoms with E-state index >= 15 is 0 Å². The molecule has 0 bridgehead atoms. The SMILES string of the molecule is C[C@@H](c1nnc(S[C@H]2CCCC2=O)n1-c1ccc(Cl)cc1)[NH+](C)C. The molecule has 0 unspecified atom stereocenters. The summed E-state index contributed by atoms with van der Waals surface area (Å²) >= 11 is 7.56. The number of hydrogen-bond donors (Lipinski definition) is 1. The van der Waals surface area contributed by atoms with Gasteiger partial charge >= 0.3 is 0 Å². The van der Waals surface area contributed by atoms with Gasteiger partial charge in [0.05, 0.1) is 19.3 Å². The number of nitrogens with one attached hydrogen (secondary N) is 1. The molecule has 5 nitrogen and oxygen atoms in total. The van der Waals surface area contributed by atoms with Crippen molar-refractivity contribution in [2.24, 2.45) is 0 Å². The Balaban J connectivity index is 2.02. The van der Waals surface area contributed by atoms with E-state index in [9.17, 15) is 4.79 Å². The van der Waals surface area contributed by atoms with Gasteiger partial charge in [-0.2, -0.15) is 0 Å². The highest BCUT2D eigenvalue weighted by atomic mass is 35.5. The quantitative estimate of drug-likeness (QED) is 0.883. The second-order valence-electron chi connectivity index (χ2n) is 6.42. The lowest BCUT2D eigenvalue weighted by Crippen LogP contribution is -3.05. The van der Waals surface area contributed by atoms with E-state index in [1.807, 2.05) is 24.3 Å². The summed E-state index contributed by atoms with van der Waals surface area (Å²) < 4.78 is 2.06. The van der Waals surface area contributed by atoms with Gasteiger partial charge in [0.2, 0.25) is 0 Å². The van der Waals surface area contributed by atoms with Crippen LogP contribution in [0.1, 0.15) is 38.1 Å². The first-order valence-corrected chi connectivity index (χ1v) is 9.44. The first-order chi connectivity index (χ1) is 11.5. The minimum atomic E-state index is -0.00453. The maximum Gasteiger partial charge on any atom is 0.196 e. The second kappa shape index (κ2) is 7.25. The van der Waals surface area contributed by atoms with E-state index in [4.69, 9.17) is 11.6 Å². The Kier molecular flexibility index (Phi) is 5.27. The average molecular weight is 366 g/mol. The van der Waals surface area contributed by atoms with Gasteiger partial charge in [-0.1, -0.05) is 23.4 Å². The number of carbonyl (C=O) groups excluding carboxylic acids is 1. The number of halogens is 1. The molecule has 128 valence electrons. The fraction of sp³-hybridized carbons (Fsp3) is 0.471. The van der Waals surface area contributed by atoms with Crippen molar-refractivity contribution in [2.45, 2.75) is 42.6 Å². The third kappa shape index (κ3) is 3.50. The Morgan fingerprint density at radius 1 is 1.29 bits per heavy atom. The zero-order valence-electron chi connectivity index (χ0n) is 14.1. The number of aromatic nitrogens is 3. The van der Waals surface area contributed by atoms with Crippen molar-refractivity contribution in [3.05, 3.63) is 35.1 Å². The molecule has 1 aromatic heterocycles. The molecule has 7 heteroatoms. The van der Waals surface area contributed by atoms with E-state index in [2.05, 4.69) is 35.8 Å². The van der Waals surface area contributed by atoms with Crippen molar-refractivity contribution in [1.29, 1.82) is 0 Å². The summed E-state index contributed by atoms with van der Waals surface area (Å²) in [4.78, 5) is 13.3. The van der Waals surface area contributed by atoms with Crippen LogP contribution in [-0.2, 0) is 4.79 Å². The number of ketones is 1. The lowest BCUT2D eigenvalue weighted by atomic mass is 10.2. The van der Waals surface area contributed by atoms with E-state index in [1.54, 1.807) is 0 Å². The zero-order valence-corrected chi connectivity index (χ0v) is 15.7. The summed E-state index contributed by atoms with van der Waals surface area (Å²) in [6.07, 6.45) is 2.56. The first kappa shape index (κ1) is 17.5. The van der Waals surface area contributed by atoms with Gasteiger partial charge in [-0.25, -0.2) is 0 Å². The molecule has 0 saturated heterocycles. The fourth-order valence-electron chi connectivity index (χ4n) is 2.76. The van der Waals surface area contributed by atoms with Gasteiger partial charge in [-0.05, 0) is 44.0 Å². The Hall–Kier alpha value is -1.37. The maximum absolute atomic E-state index is 12.0. The van der Waals surface area contributed by atoms with E-state index in [0.29, 0.717) is 17.2 Å². The number of carbonyl (C=O) groups is 1. The molecule has 1 N–H and O–H groups in total. The van der Waals surface area contributed by atoms with Crippen molar-refractivity contribution >= 4 is 29.1 Å².